The second-order valence-corrected chi connectivity index (χ2v) is 6.93. The molecule has 0 spiro atoms. The third-order valence-corrected chi connectivity index (χ3v) is 3.65. The van der Waals surface area contributed by atoms with Crippen LogP contribution < -0.4 is 10.2 Å². The van der Waals surface area contributed by atoms with Gasteiger partial charge >= 0.3 is 0 Å². The third-order valence-electron chi connectivity index (χ3n) is 3.65. The van der Waals surface area contributed by atoms with Crippen LogP contribution in [-0.2, 0) is 9.59 Å². The van der Waals surface area contributed by atoms with Crippen molar-refractivity contribution in [3.05, 3.63) is 29.3 Å². The summed E-state index contributed by atoms with van der Waals surface area (Å²) in [6.45, 7) is 10.3. The van der Waals surface area contributed by atoms with Gasteiger partial charge < -0.3 is 10.2 Å². The quantitative estimate of drug-likeness (QED) is 0.909. The summed E-state index contributed by atoms with van der Waals surface area (Å²) in [5, 5.41) is 2.96. The Morgan fingerprint density at radius 2 is 1.95 bits per heavy atom. The van der Waals surface area contributed by atoms with Crippen molar-refractivity contribution in [3.8, 4) is 0 Å². The van der Waals surface area contributed by atoms with Crippen LogP contribution in [0.3, 0.4) is 0 Å². The van der Waals surface area contributed by atoms with Crippen LogP contribution in [0.15, 0.2) is 18.2 Å². The zero-order valence-corrected chi connectivity index (χ0v) is 13.5. The van der Waals surface area contributed by atoms with Gasteiger partial charge in [0.15, 0.2) is 0 Å². The van der Waals surface area contributed by atoms with Crippen molar-refractivity contribution >= 4 is 17.5 Å². The molecule has 4 heteroatoms. The number of hydrogen-bond acceptors (Lipinski definition) is 2. The van der Waals surface area contributed by atoms with E-state index in [-0.39, 0.29) is 29.7 Å². The molecule has 0 aliphatic carbocycles. The van der Waals surface area contributed by atoms with E-state index in [1.165, 1.54) is 0 Å². The Labute approximate surface area is 126 Å². The fourth-order valence-corrected chi connectivity index (χ4v) is 2.60. The SMILES string of the molecule is Cc1ccc(C)c(N2CC(C(=O)NC(C)(C)C)CC2=O)c1. The molecule has 1 aromatic rings. The monoisotopic (exact) mass is 288 g/mol. The maximum atomic E-state index is 12.3. The second-order valence-electron chi connectivity index (χ2n) is 6.93. The predicted octanol–water partition coefficient (Wildman–Crippen LogP) is 2.57. The van der Waals surface area contributed by atoms with Crippen LogP contribution in [0, 0.1) is 19.8 Å². The number of anilines is 1. The lowest BCUT2D eigenvalue weighted by molar-refractivity contribution is -0.127. The highest BCUT2D eigenvalue weighted by Gasteiger charge is 2.36. The molecule has 1 atom stereocenters. The lowest BCUT2D eigenvalue weighted by Crippen LogP contribution is -2.44. The molecule has 1 heterocycles. The van der Waals surface area contributed by atoms with Crippen LogP contribution in [0.4, 0.5) is 5.69 Å². The number of amides is 2. The van der Waals surface area contributed by atoms with Gasteiger partial charge in [0.25, 0.3) is 0 Å². The molecule has 0 saturated carbocycles. The summed E-state index contributed by atoms with van der Waals surface area (Å²) in [5.41, 5.74) is 2.83. The van der Waals surface area contributed by atoms with Crippen LogP contribution in [0.25, 0.3) is 0 Å². The van der Waals surface area contributed by atoms with Gasteiger partial charge in [0, 0.05) is 24.2 Å². The average Bonchev–Trinajstić information content (AvgIpc) is 2.72. The Morgan fingerprint density at radius 1 is 1.29 bits per heavy atom. The number of nitrogens with zero attached hydrogens (tertiary/aromatic N) is 1. The van der Waals surface area contributed by atoms with E-state index in [1.54, 1.807) is 4.90 Å². The van der Waals surface area contributed by atoms with E-state index in [4.69, 9.17) is 0 Å². The summed E-state index contributed by atoms with van der Waals surface area (Å²) in [7, 11) is 0. The van der Waals surface area contributed by atoms with Crippen molar-refractivity contribution in [2.75, 3.05) is 11.4 Å². The van der Waals surface area contributed by atoms with Crippen molar-refractivity contribution in [2.24, 2.45) is 5.92 Å². The highest BCUT2D eigenvalue weighted by atomic mass is 16.2. The molecular formula is C17H24N2O2. The lowest BCUT2D eigenvalue weighted by atomic mass is 10.0. The molecule has 4 nitrogen and oxygen atoms in total. The van der Waals surface area contributed by atoms with E-state index < -0.39 is 0 Å². The largest absolute Gasteiger partial charge is 0.351 e. The fraction of sp³-hybridized carbons (Fsp3) is 0.529. The molecule has 1 fully saturated rings. The first-order valence-electron chi connectivity index (χ1n) is 7.37. The molecule has 114 valence electrons. The van der Waals surface area contributed by atoms with Gasteiger partial charge in [0.05, 0.1) is 5.92 Å². The third kappa shape index (κ3) is 3.63. The standard InChI is InChI=1S/C17H24N2O2/c1-11-6-7-12(2)14(8-11)19-10-13(9-15(19)20)16(21)18-17(3,4)5/h6-8,13H,9-10H2,1-5H3,(H,18,21). The Balaban J connectivity index is 2.16. The first-order chi connectivity index (χ1) is 9.67. The number of benzene rings is 1. The smallest absolute Gasteiger partial charge is 0.227 e. The normalized spacial score (nSPS) is 19.0. The topological polar surface area (TPSA) is 49.4 Å². The van der Waals surface area contributed by atoms with Gasteiger partial charge in [0.2, 0.25) is 11.8 Å². The second kappa shape index (κ2) is 5.51. The summed E-state index contributed by atoms with van der Waals surface area (Å²) in [5.74, 6) is -0.280. The summed E-state index contributed by atoms with van der Waals surface area (Å²) >= 11 is 0. The maximum Gasteiger partial charge on any atom is 0.227 e. The van der Waals surface area contributed by atoms with Crippen molar-refractivity contribution in [2.45, 2.75) is 46.6 Å². The molecule has 0 bridgehead atoms. The van der Waals surface area contributed by atoms with Crippen LogP contribution >= 0.6 is 0 Å². The van der Waals surface area contributed by atoms with Gasteiger partial charge in [-0.2, -0.15) is 0 Å². The number of rotatable bonds is 2. The molecule has 2 rings (SSSR count). The summed E-state index contributed by atoms with van der Waals surface area (Å²) in [4.78, 5) is 26.3. The molecule has 0 aromatic heterocycles. The van der Waals surface area contributed by atoms with Crippen molar-refractivity contribution in [1.82, 2.24) is 5.32 Å². The van der Waals surface area contributed by atoms with Gasteiger partial charge in [-0.1, -0.05) is 12.1 Å². The Bertz CT molecular complexity index is 573. The van der Waals surface area contributed by atoms with Crippen LogP contribution in [0.1, 0.15) is 38.3 Å². The Morgan fingerprint density at radius 3 is 2.57 bits per heavy atom. The van der Waals surface area contributed by atoms with Gasteiger partial charge in [-0.3, -0.25) is 9.59 Å². The lowest BCUT2D eigenvalue weighted by Gasteiger charge is -2.23. The molecule has 1 aliphatic heterocycles. The van der Waals surface area contributed by atoms with Crippen LogP contribution in [-0.4, -0.2) is 23.9 Å². The van der Waals surface area contributed by atoms with E-state index in [2.05, 4.69) is 5.32 Å². The molecular weight excluding hydrogens is 264 g/mol. The van der Waals surface area contributed by atoms with Crippen LogP contribution in [0.5, 0.6) is 0 Å². The predicted molar refractivity (Wildman–Crippen MR) is 84.3 cm³/mol. The van der Waals surface area contributed by atoms with E-state index >= 15 is 0 Å². The summed E-state index contributed by atoms with van der Waals surface area (Å²) in [6.07, 6.45) is 0.287. The average molecular weight is 288 g/mol. The highest BCUT2D eigenvalue weighted by molar-refractivity contribution is 6.01. The van der Waals surface area contributed by atoms with E-state index in [9.17, 15) is 9.59 Å². The molecule has 1 unspecified atom stereocenters. The Kier molecular flexibility index (Phi) is 4.08. The number of carbonyl (C=O) groups is 2. The van der Waals surface area contributed by atoms with Gasteiger partial charge in [-0.15, -0.1) is 0 Å². The first kappa shape index (κ1) is 15.5. The highest BCUT2D eigenvalue weighted by Crippen LogP contribution is 2.29. The zero-order valence-electron chi connectivity index (χ0n) is 13.5. The number of nitrogens with one attached hydrogen (secondary N) is 1. The number of hydrogen-bond donors (Lipinski definition) is 1. The summed E-state index contributed by atoms with van der Waals surface area (Å²) < 4.78 is 0. The minimum atomic E-state index is -0.271. The van der Waals surface area contributed by atoms with E-state index in [0.717, 1.165) is 16.8 Å². The van der Waals surface area contributed by atoms with Crippen molar-refractivity contribution < 1.29 is 9.59 Å². The molecule has 1 saturated heterocycles. The first-order valence-corrected chi connectivity index (χ1v) is 7.37. The Hall–Kier alpha value is -1.84. The van der Waals surface area contributed by atoms with Gasteiger partial charge in [-0.05, 0) is 51.8 Å². The van der Waals surface area contributed by atoms with E-state index in [0.29, 0.717) is 6.54 Å². The molecule has 1 aliphatic rings. The molecule has 0 radical (unpaired) electrons. The zero-order chi connectivity index (χ0) is 15.8. The number of aryl methyl sites for hydroxylation is 2. The summed E-state index contributed by atoms with van der Waals surface area (Å²) in [6, 6.07) is 6.06. The van der Waals surface area contributed by atoms with Crippen molar-refractivity contribution in [1.29, 1.82) is 0 Å². The fourth-order valence-electron chi connectivity index (χ4n) is 2.60. The molecule has 21 heavy (non-hydrogen) atoms. The molecule has 1 aromatic carbocycles. The van der Waals surface area contributed by atoms with Gasteiger partial charge in [0.1, 0.15) is 0 Å². The number of carbonyl (C=O) groups excluding carboxylic acids is 2. The maximum absolute atomic E-state index is 12.3. The minimum absolute atomic E-state index is 0.0257. The van der Waals surface area contributed by atoms with Gasteiger partial charge in [-0.25, -0.2) is 0 Å². The molecule has 2 amide bonds. The van der Waals surface area contributed by atoms with Crippen LogP contribution in [0.2, 0.25) is 0 Å². The minimum Gasteiger partial charge on any atom is -0.351 e. The van der Waals surface area contributed by atoms with Crippen molar-refractivity contribution in [3.63, 3.8) is 0 Å². The molecule has 1 N–H and O–H groups in total. The van der Waals surface area contributed by atoms with E-state index in [1.807, 2.05) is 52.8 Å².